The van der Waals surface area contributed by atoms with E-state index in [1.54, 1.807) is 0 Å². The molecule has 80 valence electrons. The molecule has 0 saturated heterocycles. The van der Waals surface area contributed by atoms with Gasteiger partial charge in [0, 0.05) is 10.7 Å². The zero-order chi connectivity index (χ0) is 11.0. The van der Waals surface area contributed by atoms with Crippen LogP contribution in [-0.4, -0.2) is 14.6 Å². The maximum Gasteiger partial charge on any atom is 0.395 e. The van der Waals surface area contributed by atoms with Gasteiger partial charge in [-0.05, 0) is 12.5 Å². The van der Waals surface area contributed by atoms with E-state index in [4.69, 9.17) is 10.7 Å². The minimum Gasteiger partial charge on any atom is -0.207 e. The van der Waals surface area contributed by atoms with E-state index >= 15 is 0 Å². The molecule has 14 heavy (non-hydrogen) atoms. The minimum absolute atomic E-state index is 0.251. The van der Waals surface area contributed by atoms with E-state index in [0.29, 0.717) is 6.08 Å². The van der Waals surface area contributed by atoms with Gasteiger partial charge in [0.05, 0.1) is 10.8 Å². The van der Waals surface area contributed by atoms with E-state index in [0.717, 1.165) is 12.2 Å². The predicted molar refractivity (Wildman–Crippen MR) is 46.2 cm³/mol. The van der Waals surface area contributed by atoms with Crippen molar-refractivity contribution in [2.75, 3.05) is 0 Å². The van der Waals surface area contributed by atoms with Crippen molar-refractivity contribution in [3.05, 3.63) is 23.1 Å². The molecule has 0 aromatic rings. The van der Waals surface area contributed by atoms with E-state index in [1.165, 1.54) is 0 Å². The van der Waals surface area contributed by atoms with Crippen molar-refractivity contribution in [1.82, 2.24) is 0 Å². The second-order valence-corrected chi connectivity index (χ2v) is 5.36. The van der Waals surface area contributed by atoms with Crippen molar-refractivity contribution in [3.63, 3.8) is 0 Å². The summed E-state index contributed by atoms with van der Waals surface area (Å²) in [6, 6.07) is 0. The standard InChI is InChI=1S/C7H6ClF3O2S/c8-14(12,13)6-3-1-2-5(4-6)7(9,10)11/h1,3-5H,2H2. The highest BCUT2D eigenvalue weighted by Crippen LogP contribution is 2.34. The second kappa shape index (κ2) is 3.58. The van der Waals surface area contributed by atoms with Crippen molar-refractivity contribution in [1.29, 1.82) is 0 Å². The molecule has 0 bridgehead atoms. The van der Waals surface area contributed by atoms with Crippen LogP contribution in [0.2, 0.25) is 0 Å². The van der Waals surface area contributed by atoms with Crippen LogP contribution in [-0.2, 0) is 9.05 Å². The molecule has 2 nitrogen and oxygen atoms in total. The number of alkyl halides is 3. The minimum atomic E-state index is -4.43. The van der Waals surface area contributed by atoms with Crippen molar-refractivity contribution in [3.8, 4) is 0 Å². The van der Waals surface area contributed by atoms with Crippen molar-refractivity contribution in [2.45, 2.75) is 12.6 Å². The number of hydrogen-bond donors (Lipinski definition) is 0. The van der Waals surface area contributed by atoms with Crippen LogP contribution in [0.3, 0.4) is 0 Å². The van der Waals surface area contributed by atoms with Crippen molar-refractivity contribution < 1.29 is 21.6 Å². The molecule has 1 unspecified atom stereocenters. The molecule has 1 aliphatic rings. The van der Waals surface area contributed by atoms with Gasteiger partial charge in [0.2, 0.25) is 0 Å². The SMILES string of the molecule is O=S(=O)(Cl)C1=CC(C(F)(F)F)CC=C1. The van der Waals surface area contributed by atoms with Crippen LogP contribution in [0.25, 0.3) is 0 Å². The van der Waals surface area contributed by atoms with E-state index in [2.05, 4.69) is 0 Å². The number of hydrogen-bond acceptors (Lipinski definition) is 2. The maximum absolute atomic E-state index is 12.2. The number of halogens is 4. The molecular formula is C7H6ClF3O2S. The maximum atomic E-state index is 12.2. The average Bonchev–Trinajstić information content (AvgIpc) is 2.01. The molecule has 0 aromatic heterocycles. The van der Waals surface area contributed by atoms with E-state index in [1.807, 2.05) is 0 Å². The van der Waals surface area contributed by atoms with Gasteiger partial charge in [-0.2, -0.15) is 13.2 Å². The summed E-state index contributed by atoms with van der Waals surface area (Å²) in [4.78, 5) is -0.493. The molecule has 0 aromatic carbocycles. The Bertz CT molecular complexity index is 380. The molecule has 1 atom stereocenters. The molecule has 0 radical (unpaired) electrons. The smallest absolute Gasteiger partial charge is 0.207 e. The quantitative estimate of drug-likeness (QED) is 0.667. The number of rotatable bonds is 1. The predicted octanol–water partition coefficient (Wildman–Crippen LogP) is 2.58. The normalized spacial score (nSPS) is 23.4. The van der Waals surface area contributed by atoms with Gasteiger partial charge in [-0.3, -0.25) is 0 Å². The molecule has 0 heterocycles. The van der Waals surface area contributed by atoms with Crippen molar-refractivity contribution >= 4 is 19.7 Å². The Morgan fingerprint density at radius 2 is 2.00 bits per heavy atom. The summed E-state index contributed by atoms with van der Waals surface area (Å²) in [5.74, 6) is -1.77. The fourth-order valence-corrected chi connectivity index (χ4v) is 1.94. The summed E-state index contributed by atoms with van der Waals surface area (Å²) < 4.78 is 58.0. The van der Waals surface area contributed by atoms with Gasteiger partial charge in [0.15, 0.2) is 0 Å². The summed E-state index contributed by atoms with van der Waals surface area (Å²) in [5.41, 5.74) is 0. The van der Waals surface area contributed by atoms with Gasteiger partial charge in [-0.1, -0.05) is 12.2 Å². The largest absolute Gasteiger partial charge is 0.395 e. The van der Waals surface area contributed by atoms with E-state index in [9.17, 15) is 21.6 Å². The summed E-state index contributed by atoms with van der Waals surface area (Å²) in [6.45, 7) is 0. The van der Waals surface area contributed by atoms with Crippen molar-refractivity contribution in [2.24, 2.45) is 5.92 Å². The van der Waals surface area contributed by atoms with E-state index in [-0.39, 0.29) is 6.42 Å². The molecule has 0 fully saturated rings. The third kappa shape index (κ3) is 2.75. The molecule has 0 amide bonds. The molecule has 7 heteroatoms. The lowest BCUT2D eigenvalue weighted by Crippen LogP contribution is -2.22. The van der Waals surface area contributed by atoms with Gasteiger partial charge in [-0.25, -0.2) is 8.42 Å². The third-order valence-corrected chi connectivity index (χ3v) is 3.11. The Hall–Kier alpha value is -0.490. The Kier molecular flexibility index (Phi) is 2.96. The van der Waals surface area contributed by atoms with Crippen LogP contribution in [0.15, 0.2) is 23.1 Å². The lowest BCUT2D eigenvalue weighted by molar-refractivity contribution is -0.160. The highest BCUT2D eigenvalue weighted by molar-refractivity contribution is 8.17. The van der Waals surface area contributed by atoms with Crippen LogP contribution >= 0.6 is 10.7 Å². The topological polar surface area (TPSA) is 34.1 Å². The van der Waals surface area contributed by atoms with Crippen LogP contribution in [0, 0.1) is 5.92 Å². The first kappa shape index (κ1) is 11.6. The lowest BCUT2D eigenvalue weighted by Gasteiger charge is -2.18. The highest BCUT2D eigenvalue weighted by Gasteiger charge is 2.39. The van der Waals surface area contributed by atoms with Gasteiger partial charge < -0.3 is 0 Å². The van der Waals surface area contributed by atoms with Crippen LogP contribution in [0.4, 0.5) is 13.2 Å². The Labute approximate surface area is 83.5 Å². The Morgan fingerprint density at radius 3 is 2.43 bits per heavy atom. The first-order chi connectivity index (χ1) is 6.21. The second-order valence-electron chi connectivity index (χ2n) is 2.79. The zero-order valence-electron chi connectivity index (χ0n) is 6.75. The molecule has 1 rings (SSSR count). The molecule has 0 N–H and O–H groups in total. The average molecular weight is 247 g/mol. The van der Waals surface area contributed by atoms with Crippen LogP contribution in [0.5, 0.6) is 0 Å². The summed E-state index contributed by atoms with van der Waals surface area (Å²) in [5, 5.41) is 0. The Morgan fingerprint density at radius 1 is 1.43 bits per heavy atom. The molecule has 0 saturated carbocycles. The molecule has 0 spiro atoms. The molecule has 0 aliphatic heterocycles. The molecular weight excluding hydrogens is 241 g/mol. The lowest BCUT2D eigenvalue weighted by atomic mass is 10.0. The highest BCUT2D eigenvalue weighted by atomic mass is 35.7. The summed E-state index contributed by atoms with van der Waals surface area (Å²) in [6.07, 6.45) is -1.84. The fraction of sp³-hybridized carbons (Fsp3) is 0.429. The summed E-state index contributed by atoms with van der Waals surface area (Å²) >= 11 is 0. The van der Waals surface area contributed by atoms with Gasteiger partial charge in [0.25, 0.3) is 9.05 Å². The molecule has 1 aliphatic carbocycles. The van der Waals surface area contributed by atoms with Crippen LogP contribution in [0.1, 0.15) is 6.42 Å². The number of allylic oxidation sites excluding steroid dienone is 3. The summed E-state index contributed by atoms with van der Waals surface area (Å²) in [7, 11) is 0.840. The Balaban J connectivity index is 3.02. The fourth-order valence-electron chi connectivity index (χ4n) is 1.04. The van der Waals surface area contributed by atoms with Gasteiger partial charge >= 0.3 is 6.18 Å². The van der Waals surface area contributed by atoms with E-state index < -0.39 is 26.1 Å². The first-order valence-corrected chi connectivity index (χ1v) is 5.92. The zero-order valence-corrected chi connectivity index (χ0v) is 8.33. The first-order valence-electron chi connectivity index (χ1n) is 3.61. The van der Waals surface area contributed by atoms with Gasteiger partial charge in [0.1, 0.15) is 0 Å². The monoisotopic (exact) mass is 246 g/mol. The van der Waals surface area contributed by atoms with Gasteiger partial charge in [-0.15, -0.1) is 0 Å². The third-order valence-electron chi connectivity index (χ3n) is 1.74. The van der Waals surface area contributed by atoms with Crippen LogP contribution < -0.4 is 0 Å².